The number of benzene rings is 2. The van der Waals surface area contributed by atoms with E-state index in [0.717, 1.165) is 5.69 Å². The van der Waals surface area contributed by atoms with Crippen molar-refractivity contribution >= 4 is 43.0 Å². The van der Waals surface area contributed by atoms with Gasteiger partial charge in [0.2, 0.25) is 0 Å². The fraction of sp³-hybridized carbons (Fsp3) is 0. The van der Waals surface area contributed by atoms with Crippen molar-refractivity contribution in [1.82, 2.24) is 9.78 Å². The topological polar surface area (TPSA) is 64.0 Å². The Labute approximate surface area is 173 Å². The minimum Gasteiger partial charge on any atom is -0.277 e. The largest absolute Gasteiger partial charge is 0.277 e. The van der Waals surface area contributed by atoms with Crippen LogP contribution in [0.5, 0.6) is 0 Å². The molecule has 4 rings (SSSR count). The molecule has 0 bridgehead atoms. The number of nitrogens with one attached hydrogen (secondary N) is 1. The zero-order valence-electron chi connectivity index (χ0n) is 14.2. The van der Waals surface area contributed by atoms with E-state index in [2.05, 4.69) is 25.8 Å². The summed E-state index contributed by atoms with van der Waals surface area (Å²) in [6, 6.07) is 16.9. The molecule has 0 fully saturated rings. The van der Waals surface area contributed by atoms with Crippen LogP contribution in [0.15, 0.2) is 81.6 Å². The van der Waals surface area contributed by atoms with Crippen molar-refractivity contribution in [2.45, 2.75) is 4.90 Å². The molecule has 0 aliphatic carbocycles. The van der Waals surface area contributed by atoms with Crippen LogP contribution in [0.3, 0.4) is 0 Å². The fourth-order valence-electron chi connectivity index (χ4n) is 2.62. The maximum Gasteiger partial charge on any atom is 0.265 e. The van der Waals surface area contributed by atoms with Gasteiger partial charge < -0.3 is 0 Å². The molecule has 2 aromatic heterocycles. The molecule has 0 radical (unpaired) electrons. The van der Waals surface area contributed by atoms with E-state index in [1.165, 1.54) is 34.3 Å². The van der Waals surface area contributed by atoms with E-state index in [1.807, 2.05) is 41.8 Å². The van der Waals surface area contributed by atoms with Gasteiger partial charge in [0.15, 0.2) is 0 Å². The predicted molar refractivity (Wildman–Crippen MR) is 112 cm³/mol. The number of hydrogen-bond acceptors (Lipinski definition) is 4. The number of aromatic nitrogens is 2. The third kappa shape index (κ3) is 3.73. The Morgan fingerprint density at radius 3 is 2.54 bits per heavy atom. The second kappa shape index (κ2) is 7.50. The first-order chi connectivity index (χ1) is 13.4. The van der Waals surface area contributed by atoms with Gasteiger partial charge in [-0.1, -0.05) is 40.2 Å². The standard InChI is InChI=1S/C19H13BrFN3O2S2/c20-13-8-9-16(15(21)11-13)23-28(25,26)18-12-24(14-5-2-1-3-6-14)22-19(18)17-7-4-10-27-17/h1-12,23H. The summed E-state index contributed by atoms with van der Waals surface area (Å²) in [4.78, 5) is 0.674. The summed E-state index contributed by atoms with van der Waals surface area (Å²) in [6.45, 7) is 0. The minimum atomic E-state index is -4.07. The Hall–Kier alpha value is -2.49. The number of rotatable bonds is 5. The number of thiophene rings is 1. The van der Waals surface area contributed by atoms with Crippen LogP contribution < -0.4 is 4.72 Å². The molecular weight excluding hydrogens is 465 g/mol. The summed E-state index contributed by atoms with van der Waals surface area (Å²) < 4.78 is 44.6. The first-order valence-electron chi connectivity index (χ1n) is 8.11. The lowest BCUT2D eigenvalue weighted by atomic mass is 10.3. The van der Waals surface area contributed by atoms with E-state index >= 15 is 0 Å². The maximum atomic E-state index is 14.2. The van der Waals surface area contributed by atoms with Gasteiger partial charge in [0.05, 0.1) is 22.4 Å². The van der Waals surface area contributed by atoms with Crippen molar-refractivity contribution in [1.29, 1.82) is 0 Å². The van der Waals surface area contributed by atoms with E-state index in [0.29, 0.717) is 15.0 Å². The highest BCUT2D eigenvalue weighted by molar-refractivity contribution is 9.10. The molecule has 2 aromatic carbocycles. The van der Waals surface area contributed by atoms with Crippen LogP contribution >= 0.6 is 27.3 Å². The summed E-state index contributed by atoms with van der Waals surface area (Å²) in [5.41, 5.74) is 0.897. The van der Waals surface area contributed by atoms with Crippen LogP contribution in [0.1, 0.15) is 0 Å². The molecule has 0 aliphatic heterocycles. The number of para-hydroxylation sites is 1. The third-order valence-corrected chi connectivity index (χ3v) is 6.66. The van der Waals surface area contributed by atoms with E-state index in [-0.39, 0.29) is 10.6 Å². The first kappa shape index (κ1) is 18.9. The van der Waals surface area contributed by atoms with E-state index in [9.17, 15) is 12.8 Å². The molecule has 2 heterocycles. The number of halogens is 2. The Kier molecular flexibility index (Phi) is 5.05. The molecule has 0 saturated heterocycles. The molecule has 0 aliphatic rings. The molecule has 5 nitrogen and oxygen atoms in total. The van der Waals surface area contributed by atoms with Gasteiger partial charge in [-0.25, -0.2) is 17.5 Å². The smallest absolute Gasteiger partial charge is 0.265 e. The molecule has 0 spiro atoms. The lowest BCUT2D eigenvalue weighted by molar-refractivity contribution is 0.598. The molecule has 142 valence electrons. The summed E-state index contributed by atoms with van der Waals surface area (Å²) in [5.74, 6) is -0.675. The summed E-state index contributed by atoms with van der Waals surface area (Å²) in [6.07, 6.45) is 1.43. The van der Waals surface area contributed by atoms with Gasteiger partial charge in [-0.05, 0) is 41.8 Å². The van der Waals surface area contributed by atoms with Crippen molar-refractivity contribution in [2.24, 2.45) is 0 Å². The van der Waals surface area contributed by atoms with Gasteiger partial charge >= 0.3 is 0 Å². The monoisotopic (exact) mass is 477 g/mol. The summed E-state index contributed by atoms with van der Waals surface area (Å²) in [5, 5.41) is 6.32. The Balaban J connectivity index is 1.82. The number of hydrogen-bond donors (Lipinski definition) is 1. The number of sulfonamides is 1. The Bertz CT molecular complexity index is 1220. The first-order valence-corrected chi connectivity index (χ1v) is 11.3. The highest BCUT2D eigenvalue weighted by Gasteiger charge is 2.25. The normalized spacial score (nSPS) is 11.5. The lowest BCUT2D eigenvalue weighted by Crippen LogP contribution is -2.14. The van der Waals surface area contributed by atoms with Crippen LogP contribution in [0, 0.1) is 5.82 Å². The van der Waals surface area contributed by atoms with E-state index < -0.39 is 15.8 Å². The second-order valence-electron chi connectivity index (χ2n) is 5.83. The molecule has 0 unspecified atom stereocenters. The quantitative estimate of drug-likeness (QED) is 0.423. The second-order valence-corrected chi connectivity index (χ2v) is 9.34. The Morgan fingerprint density at radius 2 is 1.86 bits per heavy atom. The van der Waals surface area contributed by atoms with Crippen molar-refractivity contribution in [3.63, 3.8) is 0 Å². The van der Waals surface area contributed by atoms with E-state index in [4.69, 9.17) is 0 Å². The van der Waals surface area contributed by atoms with Crippen molar-refractivity contribution in [2.75, 3.05) is 4.72 Å². The van der Waals surface area contributed by atoms with Gasteiger partial charge in [0.25, 0.3) is 10.0 Å². The highest BCUT2D eigenvalue weighted by Crippen LogP contribution is 2.32. The maximum absolute atomic E-state index is 14.2. The molecule has 9 heteroatoms. The van der Waals surface area contributed by atoms with Crippen molar-refractivity contribution in [3.8, 4) is 16.3 Å². The Morgan fingerprint density at radius 1 is 1.07 bits per heavy atom. The van der Waals surface area contributed by atoms with Crippen LogP contribution in [-0.4, -0.2) is 18.2 Å². The molecule has 1 N–H and O–H groups in total. The molecule has 0 amide bonds. The molecule has 0 saturated carbocycles. The van der Waals surface area contributed by atoms with Gasteiger partial charge in [-0.3, -0.25) is 4.72 Å². The number of anilines is 1. The predicted octanol–water partition coefficient (Wildman–Crippen LogP) is 5.30. The summed E-state index contributed by atoms with van der Waals surface area (Å²) in [7, 11) is -4.07. The molecular formula is C19H13BrFN3O2S2. The highest BCUT2D eigenvalue weighted by atomic mass is 79.9. The zero-order chi connectivity index (χ0) is 19.7. The van der Waals surface area contributed by atoms with E-state index in [1.54, 1.807) is 12.1 Å². The van der Waals surface area contributed by atoms with Crippen LogP contribution in [0.4, 0.5) is 10.1 Å². The SMILES string of the molecule is O=S(=O)(Nc1ccc(Br)cc1F)c1cn(-c2ccccc2)nc1-c1cccs1. The molecule has 28 heavy (non-hydrogen) atoms. The average Bonchev–Trinajstić information content (AvgIpc) is 3.34. The fourth-order valence-corrected chi connectivity index (χ4v) is 4.95. The van der Waals surface area contributed by atoms with Crippen molar-refractivity contribution < 1.29 is 12.8 Å². The van der Waals surface area contributed by atoms with Crippen molar-refractivity contribution in [3.05, 3.63) is 82.5 Å². The van der Waals surface area contributed by atoms with Gasteiger partial charge in [0, 0.05) is 4.47 Å². The minimum absolute atomic E-state index is 0.0267. The average molecular weight is 478 g/mol. The van der Waals surface area contributed by atoms with Gasteiger partial charge in [-0.15, -0.1) is 11.3 Å². The number of nitrogens with zero attached hydrogens (tertiary/aromatic N) is 2. The zero-order valence-corrected chi connectivity index (χ0v) is 17.4. The van der Waals surface area contributed by atoms with Crippen LogP contribution in [-0.2, 0) is 10.0 Å². The third-order valence-electron chi connectivity index (χ3n) is 3.92. The van der Waals surface area contributed by atoms with Gasteiger partial charge in [0.1, 0.15) is 16.4 Å². The summed E-state index contributed by atoms with van der Waals surface area (Å²) >= 11 is 4.54. The molecule has 4 aromatic rings. The lowest BCUT2D eigenvalue weighted by Gasteiger charge is -2.08. The van der Waals surface area contributed by atoms with Crippen LogP contribution in [0.25, 0.3) is 16.3 Å². The van der Waals surface area contributed by atoms with Crippen LogP contribution in [0.2, 0.25) is 0 Å². The van der Waals surface area contributed by atoms with Gasteiger partial charge in [-0.2, -0.15) is 5.10 Å². The molecule has 0 atom stereocenters.